The van der Waals surface area contributed by atoms with Gasteiger partial charge in [-0.3, -0.25) is 9.36 Å². The van der Waals surface area contributed by atoms with Gasteiger partial charge >= 0.3 is 5.97 Å². The van der Waals surface area contributed by atoms with E-state index in [1.54, 1.807) is 56.9 Å². The van der Waals surface area contributed by atoms with Crippen molar-refractivity contribution in [3.8, 4) is 11.5 Å². The van der Waals surface area contributed by atoms with Crippen molar-refractivity contribution in [3.05, 3.63) is 125 Å². The first-order valence-corrected chi connectivity index (χ1v) is 15.7. The van der Waals surface area contributed by atoms with Crippen LogP contribution < -0.4 is 24.4 Å². The maximum Gasteiger partial charge on any atom is 0.338 e. The molecule has 0 amide bonds. The highest BCUT2D eigenvalue weighted by Crippen LogP contribution is 2.38. The maximum absolute atomic E-state index is 14.3. The summed E-state index contributed by atoms with van der Waals surface area (Å²) in [7, 11) is 3.10. The first kappa shape index (κ1) is 30.7. The van der Waals surface area contributed by atoms with Gasteiger partial charge in [0.15, 0.2) is 4.80 Å². The van der Waals surface area contributed by atoms with Crippen LogP contribution >= 0.6 is 34.5 Å². The molecule has 2 aromatic heterocycles. The lowest BCUT2D eigenvalue weighted by atomic mass is 9.94. The summed E-state index contributed by atoms with van der Waals surface area (Å²) in [5.41, 5.74) is 3.89. The molecular weight excluding hydrogens is 633 g/mol. The molecule has 3 heterocycles. The summed E-state index contributed by atoms with van der Waals surface area (Å²) in [4.78, 5) is 32.8. The van der Waals surface area contributed by atoms with Gasteiger partial charge in [0.1, 0.15) is 17.5 Å². The monoisotopic (exact) mass is 661 g/mol. The van der Waals surface area contributed by atoms with Crippen LogP contribution in [0.15, 0.2) is 87.9 Å². The molecule has 5 aromatic rings. The number of rotatable bonds is 8. The number of para-hydroxylation sites is 1. The van der Waals surface area contributed by atoms with Crippen molar-refractivity contribution >= 4 is 57.5 Å². The molecule has 8 nitrogen and oxygen atoms in total. The van der Waals surface area contributed by atoms with Crippen LogP contribution in [-0.2, 0) is 16.1 Å². The standard InChI is InChI=1S/C34H29Cl2N3O5S/c1-5-44-33(41)30-19(2)37-34-39(31(30)24-16-22(42-3)11-13-28(24)43-4)32(40)29(45-34)15-21-18-38(27-9-7-6-8-23(21)27)17-20-10-12-25(35)26(36)14-20/h6-16,18,31H,5,17H2,1-4H3/b29-15+. The summed E-state index contributed by atoms with van der Waals surface area (Å²) in [5, 5.41) is 1.98. The summed E-state index contributed by atoms with van der Waals surface area (Å²) in [6.07, 6.45) is 3.89. The molecule has 230 valence electrons. The van der Waals surface area contributed by atoms with E-state index in [0.717, 1.165) is 22.0 Å². The van der Waals surface area contributed by atoms with Crippen LogP contribution in [0.1, 0.15) is 36.6 Å². The van der Waals surface area contributed by atoms with Gasteiger partial charge in [0.25, 0.3) is 5.56 Å². The van der Waals surface area contributed by atoms with Crippen LogP contribution in [0.4, 0.5) is 0 Å². The third-order valence-electron chi connectivity index (χ3n) is 7.69. The van der Waals surface area contributed by atoms with Gasteiger partial charge in [0, 0.05) is 34.8 Å². The van der Waals surface area contributed by atoms with Crippen molar-refractivity contribution in [1.82, 2.24) is 9.13 Å². The van der Waals surface area contributed by atoms with Gasteiger partial charge in [-0.15, -0.1) is 0 Å². The summed E-state index contributed by atoms with van der Waals surface area (Å²) < 4.78 is 20.8. The van der Waals surface area contributed by atoms with Gasteiger partial charge in [-0.1, -0.05) is 58.8 Å². The van der Waals surface area contributed by atoms with E-state index < -0.39 is 12.0 Å². The predicted octanol–water partition coefficient (Wildman–Crippen LogP) is 6.13. The second-order valence-corrected chi connectivity index (χ2v) is 12.2. The Balaban J connectivity index is 1.54. The fourth-order valence-corrected chi connectivity index (χ4v) is 6.99. The molecule has 1 aliphatic heterocycles. The molecule has 6 rings (SSSR count). The van der Waals surface area contributed by atoms with Crippen molar-refractivity contribution < 1.29 is 19.0 Å². The van der Waals surface area contributed by atoms with E-state index in [4.69, 9.17) is 42.4 Å². The molecule has 0 N–H and O–H groups in total. The molecule has 0 radical (unpaired) electrons. The normalized spacial score (nSPS) is 14.8. The predicted molar refractivity (Wildman–Crippen MR) is 177 cm³/mol. The number of carbonyl (C=O) groups excluding carboxylic acids is 1. The lowest BCUT2D eigenvalue weighted by Crippen LogP contribution is -2.40. The van der Waals surface area contributed by atoms with Crippen molar-refractivity contribution in [2.45, 2.75) is 26.4 Å². The van der Waals surface area contributed by atoms with Crippen molar-refractivity contribution in [2.24, 2.45) is 4.99 Å². The summed E-state index contributed by atoms with van der Waals surface area (Å²) in [6.45, 7) is 4.22. The Morgan fingerprint density at radius 2 is 1.84 bits per heavy atom. The van der Waals surface area contributed by atoms with Gasteiger partial charge < -0.3 is 18.8 Å². The minimum absolute atomic E-state index is 0.175. The molecule has 1 aliphatic rings. The highest BCUT2D eigenvalue weighted by atomic mass is 35.5. The Hall–Kier alpha value is -4.31. The Bertz CT molecular complexity index is 2180. The van der Waals surface area contributed by atoms with Gasteiger partial charge in [-0.05, 0) is 61.9 Å². The lowest BCUT2D eigenvalue weighted by Gasteiger charge is -2.26. The van der Waals surface area contributed by atoms with E-state index in [1.165, 1.54) is 11.3 Å². The molecule has 1 atom stereocenters. The lowest BCUT2D eigenvalue weighted by molar-refractivity contribution is -0.139. The average molecular weight is 663 g/mol. The van der Waals surface area contributed by atoms with Crippen LogP contribution in [-0.4, -0.2) is 35.9 Å². The fourth-order valence-electron chi connectivity index (χ4n) is 5.64. The van der Waals surface area contributed by atoms with E-state index in [9.17, 15) is 9.59 Å². The molecule has 11 heteroatoms. The molecule has 0 bridgehead atoms. The summed E-state index contributed by atoms with van der Waals surface area (Å²) in [5.74, 6) is 0.506. The number of nitrogens with zero attached hydrogens (tertiary/aromatic N) is 3. The van der Waals surface area contributed by atoms with Gasteiger partial charge in [0.2, 0.25) is 0 Å². The van der Waals surface area contributed by atoms with Crippen molar-refractivity contribution in [1.29, 1.82) is 0 Å². The Labute approximate surface area is 273 Å². The third-order valence-corrected chi connectivity index (χ3v) is 9.41. The van der Waals surface area contributed by atoms with Crippen LogP contribution in [0.5, 0.6) is 11.5 Å². The molecule has 0 fully saturated rings. The number of benzene rings is 3. The van der Waals surface area contributed by atoms with Gasteiger partial charge in [-0.25, -0.2) is 9.79 Å². The Morgan fingerprint density at radius 3 is 2.58 bits per heavy atom. The number of allylic oxidation sites excluding steroid dienone is 1. The second kappa shape index (κ2) is 12.6. The summed E-state index contributed by atoms with van der Waals surface area (Å²) in [6, 6.07) is 18.0. The Kier molecular flexibility index (Phi) is 8.59. The minimum Gasteiger partial charge on any atom is -0.497 e. The molecule has 1 unspecified atom stereocenters. The third kappa shape index (κ3) is 5.67. The number of ether oxygens (including phenoxy) is 3. The second-order valence-electron chi connectivity index (χ2n) is 10.4. The van der Waals surface area contributed by atoms with E-state index >= 15 is 0 Å². The fraction of sp³-hybridized carbons (Fsp3) is 0.206. The van der Waals surface area contributed by atoms with Gasteiger partial charge in [0.05, 0.1) is 46.7 Å². The zero-order valence-electron chi connectivity index (χ0n) is 25.0. The quantitative estimate of drug-likeness (QED) is 0.187. The summed E-state index contributed by atoms with van der Waals surface area (Å²) >= 11 is 13.7. The average Bonchev–Trinajstić information content (AvgIpc) is 3.54. The molecule has 0 aliphatic carbocycles. The van der Waals surface area contributed by atoms with Crippen LogP contribution in [0.2, 0.25) is 10.0 Å². The molecule has 0 spiro atoms. The molecule has 45 heavy (non-hydrogen) atoms. The van der Waals surface area contributed by atoms with Crippen LogP contribution in [0.25, 0.3) is 17.0 Å². The highest BCUT2D eigenvalue weighted by Gasteiger charge is 2.35. The van der Waals surface area contributed by atoms with E-state index in [1.807, 2.05) is 48.7 Å². The van der Waals surface area contributed by atoms with E-state index in [2.05, 4.69) is 4.57 Å². The number of carbonyl (C=O) groups is 1. The number of aromatic nitrogens is 2. The van der Waals surface area contributed by atoms with Gasteiger partial charge in [-0.2, -0.15) is 0 Å². The molecule has 0 saturated heterocycles. The van der Waals surface area contributed by atoms with E-state index in [0.29, 0.717) is 48.7 Å². The maximum atomic E-state index is 14.3. The first-order chi connectivity index (χ1) is 21.7. The van der Waals surface area contributed by atoms with Crippen LogP contribution in [0, 0.1) is 0 Å². The zero-order valence-corrected chi connectivity index (χ0v) is 27.3. The molecule has 0 saturated carbocycles. The molecule has 3 aromatic carbocycles. The number of hydrogen-bond donors (Lipinski definition) is 0. The SMILES string of the molecule is CCOC(=O)C1=C(C)N=c2s/c(=C/c3cn(Cc4ccc(Cl)c(Cl)c4)c4ccccc34)c(=O)n2C1c1cc(OC)ccc1OC. The number of halogens is 2. The smallest absolute Gasteiger partial charge is 0.338 e. The minimum atomic E-state index is -0.844. The van der Waals surface area contributed by atoms with Crippen LogP contribution in [0.3, 0.4) is 0 Å². The number of esters is 1. The molecular formula is C34H29Cl2N3O5S. The topological polar surface area (TPSA) is 84.1 Å². The largest absolute Gasteiger partial charge is 0.497 e. The number of thiazole rings is 1. The zero-order chi connectivity index (χ0) is 31.8. The number of hydrogen-bond acceptors (Lipinski definition) is 7. The first-order valence-electron chi connectivity index (χ1n) is 14.2. The number of fused-ring (bicyclic) bond motifs is 2. The van der Waals surface area contributed by atoms with Crippen molar-refractivity contribution in [3.63, 3.8) is 0 Å². The van der Waals surface area contributed by atoms with Crippen molar-refractivity contribution in [2.75, 3.05) is 20.8 Å². The van der Waals surface area contributed by atoms with E-state index in [-0.39, 0.29) is 17.7 Å². The Morgan fingerprint density at radius 1 is 1.04 bits per heavy atom. The number of methoxy groups -OCH3 is 2. The highest BCUT2D eigenvalue weighted by molar-refractivity contribution is 7.07.